The van der Waals surface area contributed by atoms with E-state index >= 15 is 0 Å². The molecular weight excluding hydrogens is 332 g/mol. The van der Waals surface area contributed by atoms with Crippen molar-refractivity contribution in [2.45, 2.75) is 0 Å². The summed E-state index contributed by atoms with van der Waals surface area (Å²) in [7, 11) is 1.60. The van der Waals surface area contributed by atoms with Crippen molar-refractivity contribution >= 4 is 23.1 Å². The number of anilines is 3. The number of hydrogen-bond donors (Lipinski definition) is 2. The molecule has 2 heterocycles. The number of carbonyl (C=O) groups is 1. The summed E-state index contributed by atoms with van der Waals surface area (Å²) in [5.74, 6) is 0.536. The molecule has 0 saturated carbocycles. The van der Waals surface area contributed by atoms with Gasteiger partial charge in [0, 0.05) is 32.9 Å². The highest BCUT2D eigenvalue weighted by atomic mass is 16.5. The van der Waals surface area contributed by atoms with Gasteiger partial charge in [0.2, 0.25) is 0 Å². The van der Waals surface area contributed by atoms with Crippen LogP contribution in [0.1, 0.15) is 10.4 Å². The van der Waals surface area contributed by atoms with Gasteiger partial charge in [-0.1, -0.05) is 12.1 Å². The minimum absolute atomic E-state index is 0.158. The van der Waals surface area contributed by atoms with E-state index < -0.39 is 0 Å². The lowest BCUT2D eigenvalue weighted by atomic mass is 10.2. The Bertz CT molecular complexity index is 715. The Labute approximate surface area is 153 Å². The van der Waals surface area contributed by atoms with E-state index in [1.807, 2.05) is 18.2 Å². The van der Waals surface area contributed by atoms with Gasteiger partial charge in [-0.05, 0) is 24.3 Å². The molecule has 2 aromatic rings. The fraction of sp³-hybridized carbons (Fsp3) is 0.368. The maximum absolute atomic E-state index is 12.0. The number of hydrogen-bond acceptors (Lipinski definition) is 6. The van der Waals surface area contributed by atoms with Gasteiger partial charge in [0.25, 0.3) is 5.91 Å². The standard InChI is InChI=1S/C19H24N4O3/c1-25-11-8-20-19(24)15-6-7-18(21-14-15)22-16-4-2-3-5-17(16)23-9-12-26-13-10-23/h2-7,14H,8-13H2,1H3,(H,20,24)(H,21,22). The van der Waals surface area contributed by atoms with Gasteiger partial charge in [-0.25, -0.2) is 4.98 Å². The van der Waals surface area contributed by atoms with Crippen LogP contribution in [0.2, 0.25) is 0 Å². The van der Waals surface area contributed by atoms with Crippen LogP contribution in [-0.4, -0.2) is 57.5 Å². The lowest BCUT2D eigenvalue weighted by Crippen LogP contribution is -2.36. The van der Waals surface area contributed by atoms with E-state index in [2.05, 4.69) is 26.6 Å². The van der Waals surface area contributed by atoms with Gasteiger partial charge < -0.3 is 25.0 Å². The summed E-state index contributed by atoms with van der Waals surface area (Å²) < 4.78 is 10.4. The Kier molecular flexibility index (Phi) is 6.40. The minimum Gasteiger partial charge on any atom is -0.383 e. The third-order valence-electron chi connectivity index (χ3n) is 4.14. The first kappa shape index (κ1) is 18.2. The van der Waals surface area contributed by atoms with Crippen molar-refractivity contribution in [2.75, 3.05) is 56.8 Å². The second-order valence-electron chi connectivity index (χ2n) is 5.92. The van der Waals surface area contributed by atoms with Gasteiger partial charge in [-0.3, -0.25) is 4.79 Å². The number of morpholine rings is 1. The van der Waals surface area contributed by atoms with Gasteiger partial charge in [0.05, 0.1) is 36.8 Å². The average molecular weight is 356 g/mol. The third-order valence-corrected chi connectivity index (χ3v) is 4.14. The minimum atomic E-state index is -0.158. The number of carbonyl (C=O) groups excluding carboxylic acids is 1. The van der Waals surface area contributed by atoms with Crippen LogP contribution in [-0.2, 0) is 9.47 Å². The monoisotopic (exact) mass is 356 g/mol. The molecule has 1 saturated heterocycles. The van der Waals surface area contributed by atoms with E-state index in [4.69, 9.17) is 9.47 Å². The maximum atomic E-state index is 12.0. The molecule has 7 nitrogen and oxygen atoms in total. The van der Waals surface area contributed by atoms with Crippen molar-refractivity contribution in [2.24, 2.45) is 0 Å². The van der Waals surface area contributed by atoms with Crippen molar-refractivity contribution in [1.29, 1.82) is 0 Å². The first-order chi connectivity index (χ1) is 12.8. The quantitative estimate of drug-likeness (QED) is 0.740. The van der Waals surface area contributed by atoms with Crippen LogP contribution in [0.5, 0.6) is 0 Å². The topological polar surface area (TPSA) is 75.7 Å². The maximum Gasteiger partial charge on any atom is 0.252 e. The molecule has 0 spiro atoms. The highest BCUT2D eigenvalue weighted by molar-refractivity contribution is 5.94. The number of benzene rings is 1. The Morgan fingerprint density at radius 1 is 1.23 bits per heavy atom. The predicted molar refractivity (Wildman–Crippen MR) is 101 cm³/mol. The summed E-state index contributed by atoms with van der Waals surface area (Å²) >= 11 is 0. The number of amides is 1. The Morgan fingerprint density at radius 3 is 2.77 bits per heavy atom. The zero-order valence-electron chi connectivity index (χ0n) is 14.9. The normalized spacial score (nSPS) is 14.1. The van der Waals surface area contributed by atoms with E-state index in [9.17, 15) is 4.79 Å². The molecule has 0 unspecified atom stereocenters. The van der Waals surface area contributed by atoms with Crippen molar-refractivity contribution in [3.63, 3.8) is 0 Å². The lowest BCUT2D eigenvalue weighted by Gasteiger charge is -2.30. The van der Waals surface area contributed by atoms with Crippen molar-refractivity contribution in [3.05, 3.63) is 48.2 Å². The molecule has 3 rings (SSSR count). The molecule has 0 atom stereocenters. The summed E-state index contributed by atoms with van der Waals surface area (Å²) in [4.78, 5) is 18.7. The number of pyridine rings is 1. The SMILES string of the molecule is COCCNC(=O)c1ccc(Nc2ccccc2N2CCOCC2)nc1. The first-order valence-electron chi connectivity index (χ1n) is 8.70. The van der Waals surface area contributed by atoms with E-state index in [0.717, 1.165) is 37.7 Å². The predicted octanol–water partition coefficient (Wildman–Crippen LogP) is 2.04. The van der Waals surface area contributed by atoms with Crippen LogP contribution in [0, 0.1) is 0 Å². The smallest absolute Gasteiger partial charge is 0.252 e. The van der Waals surface area contributed by atoms with E-state index in [-0.39, 0.29) is 5.91 Å². The number of para-hydroxylation sites is 2. The van der Waals surface area contributed by atoms with Crippen LogP contribution >= 0.6 is 0 Å². The van der Waals surface area contributed by atoms with E-state index in [1.54, 1.807) is 25.4 Å². The largest absolute Gasteiger partial charge is 0.383 e. The van der Waals surface area contributed by atoms with Crippen LogP contribution in [0.4, 0.5) is 17.2 Å². The summed E-state index contributed by atoms with van der Waals surface area (Å²) in [6.07, 6.45) is 1.57. The van der Waals surface area contributed by atoms with Gasteiger partial charge >= 0.3 is 0 Å². The van der Waals surface area contributed by atoms with E-state index in [0.29, 0.717) is 24.5 Å². The molecule has 1 aliphatic heterocycles. The molecule has 2 N–H and O–H groups in total. The summed E-state index contributed by atoms with van der Waals surface area (Å²) in [5.41, 5.74) is 2.63. The zero-order chi connectivity index (χ0) is 18.2. The van der Waals surface area contributed by atoms with Gasteiger partial charge in [-0.2, -0.15) is 0 Å². The fourth-order valence-electron chi connectivity index (χ4n) is 2.77. The van der Waals surface area contributed by atoms with Crippen molar-refractivity contribution in [3.8, 4) is 0 Å². The molecule has 0 aliphatic carbocycles. The highest BCUT2D eigenvalue weighted by Crippen LogP contribution is 2.28. The number of methoxy groups -OCH3 is 1. The van der Waals surface area contributed by atoms with Crippen LogP contribution < -0.4 is 15.5 Å². The van der Waals surface area contributed by atoms with E-state index in [1.165, 1.54) is 0 Å². The molecule has 1 aliphatic rings. The summed E-state index contributed by atoms with van der Waals surface area (Å²) in [6, 6.07) is 11.7. The van der Waals surface area contributed by atoms with Gasteiger partial charge in [-0.15, -0.1) is 0 Å². The number of nitrogens with zero attached hydrogens (tertiary/aromatic N) is 2. The first-order valence-corrected chi connectivity index (χ1v) is 8.70. The van der Waals surface area contributed by atoms with Crippen LogP contribution in [0.3, 0.4) is 0 Å². The van der Waals surface area contributed by atoms with Gasteiger partial charge in [0.1, 0.15) is 5.82 Å². The average Bonchev–Trinajstić information content (AvgIpc) is 2.70. The Hall–Kier alpha value is -2.64. The molecule has 1 fully saturated rings. The molecule has 7 heteroatoms. The molecule has 1 aromatic carbocycles. The lowest BCUT2D eigenvalue weighted by molar-refractivity contribution is 0.0937. The zero-order valence-corrected chi connectivity index (χ0v) is 14.9. The fourth-order valence-corrected chi connectivity index (χ4v) is 2.77. The Balaban J connectivity index is 1.67. The van der Waals surface area contributed by atoms with Crippen LogP contribution in [0.25, 0.3) is 0 Å². The molecule has 1 amide bonds. The number of ether oxygens (including phenoxy) is 2. The molecule has 0 bridgehead atoms. The second kappa shape index (κ2) is 9.17. The number of rotatable bonds is 7. The number of nitrogens with one attached hydrogen (secondary N) is 2. The number of aromatic nitrogens is 1. The molecule has 0 radical (unpaired) electrons. The molecular formula is C19H24N4O3. The Morgan fingerprint density at radius 2 is 2.04 bits per heavy atom. The second-order valence-corrected chi connectivity index (χ2v) is 5.92. The summed E-state index contributed by atoms with van der Waals surface area (Å²) in [6.45, 7) is 4.16. The molecule has 138 valence electrons. The van der Waals surface area contributed by atoms with Crippen molar-refractivity contribution < 1.29 is 14.3 Å². The third kappa shape index (κ3) is 4.71. The summed E-state index contributed by atoms with van der Waals surface area (Å²) in [5, 5.41) is 6.12. The highest BCUT2D eigenvalue weighted by Gasteiger charge is 2.15. The molecule has 1 aromatic heterocycles. The van der Waals surface area contributed by atoms with Gasteiger partial charge in [0.15, 0.2) is 0 Å². The van der Waals surface area contributed by atoms with Crippen molar-refractivity contribution in [1.82, 2.24) is 10.3 Å². The molecule has 26 heavy (non-hydrogen) atoms. The van der Waals surface area contributed by atoms with Crippen LogP contribution in [0.15, 0.2) is 42.6 Å².